The fourth-order valence-electron chi connectivity index (χ4n) is 1.99. The number of hydrogen-bond donors (Lipinski definition) is 0. The molecule has 1 aromatic carbocycles. The van der Waals surface area contributed by atoms with Crippen LogP contribution in [0, 0.1) is 5.41 Å². The summed E-state index contributed by atoms with van der Waals surface area (Å²) in [4.78, 5) is 24.4. The van der Waals surface area contributed by atoms with Crippen LogP contribution in [0.5, 0.6) is 5.75 Å². The van der Waals surface area contributed by atoms with Gasteiger partial charge < -0.3 is 14.2 Å². The number of rotatable bonds is 3. The molecule has 0 saturated carbocycles. The summed E-state index contributed by atoms with van der Waals surface area (Å²) in [5.74, 6) is -1.90. The van der Waals surface area contributed by atoms with Crippen molar-refractivity contribution in [3.63, 3.8) is 0 Å². The van der Waals surface area contributed by atoms with Gasteiger partial charge in [0.2, 0.25) is 0 Å². The molecule has 0 amide bonds. The molecule has 5 nitrogen and oxygen atoms in total. The number of hydrogen-bond acceptors (Lipinski definition) is 5. The van der Waals surface area contributed by atoms with Crippen molar-refractivity contribution in [2.45, 2.75) is 40.4 Å². The zero-order chi connectivity index (χ0) is 19.3. The van der Waals surface area contributed by atoms with Crippen molar-refractivity contribution in [1.82, 2.24) is 0 Å². The molecule has 0 N–H and O–H groups in total. The Morgan fingerprint density at radius 2 is 1.56 bits per heavy atom. The van der Waals surface area contributed by atoms with E-state index in [0.717, 1.165) is 5.75 Å². The van der Waals surface area contributed by atoms with Crippen LogP contribution in [-0.2, 0) is 19.1 Å². The number of carbonyl (C=O) groups is 2. The molecule has 1 heterocycles. The molecule has 1 fully saturated rings. The zero-order valence-electron chi connectivity index (χ0n) is 15.5. The number of carbonyl (C=O) groups excluding carboxylic acids is 2. The van der Waals surface area contributed by atoms with Gasteiger partial charge in [0.1, 0.15) is 11.3 Å². The molecule has 1 aliphatic heterocycles. The summed E-state index contributed by atoms with van der Waals surface area (Å²) in [6, 6.07) is 7.07. The van der Waals surface area contributed by atoms with Crippen molar-refractivity contribution in [2.24, 2.45) is 5.41 Å². The van der Waals surface area contributed by atoms with Gasteiger partial charge in [-0.15, -0.1) is 13.2 Å². The van der Waals surface area contributed by atoms with Gasteiger partial charge in [0.25, 0.3) is 5.79 Å². The minimum Gasteiger partial charge on any atom is -0.494 e. The fourth-order valence-corrected chi connectivity index (χ4v) is 1.99. The molecule has 5 heteroatoms. The SMILES string of the molecule is C=C.CCOc1ccc(C=C2C(=O)OC(C)(C(C)(C)C)OC2=O)cc1. The second-order valence-electron chi connectivity index (χ2n) is 6.53. The highest BCUT2D eigenvalue weighted by atomic mass is 16.7. The van der Waals surface area contributed by atoms with Crippen molar-refractivity contribution in [1.29, 1.82) is 0 Å². The second kappa shape index (κ2) is 8.01. The van der Waals surface area contributed by atoms with E-state index in [1.54, 1.807) is 31.2 Å². The van der Waals surface area contributed by atoms with E-state index >= 15 is 0 Å². The first-order valence-electron chi connectivity index (χ1n) is 8.07. The first kappa shape index (κ1) is 20.5. The molecule has 0 atom stereocenters. The lowest BCUT2D eigenvalue weighted by molar-refractivity contribution is -0.261. The van der Waals surface area contributed by atoms with E-state index in [9.17, 15) is 9.59 Å². The van der Waals surface area contributed by atoms with Gasteiger partial charge in [-0.25, -0.2) is 9.59 Å². The molecule has 1 aromatic rings. The summed E-state index contributed by atoms with van der Waals surface area (Å²) in [7, 11) is 0. The maximum absolute atomic E-state index is 12.2. The average molecular weight is 346 g/mol. The van der Waals surface area contributed by atoms with E-state index < -0.39 is 23.1 Å². The highest BCUT2D eigenvalue weighted by Crippen LogP contribution is 2.38. The van der Waals surface area contributed by atoms with Crippen LogP contribution >= 0.6 is 0 Å². The summed E-state index contributed by atoms with van der Waals surface area (Å²) in [6.45, 7) is 15.6. The zero-order valence-corrected chi connectivity index (χ0v) is 15.5. The van der Waals surface area contributed by atoms with Gasteiger partial charge in [0.05, 0.1) is 6.61 Å². The largest absolute Gasteiger partial charge is 0.494 e. The Hall–Kier alpha value is -2.56. The van der Waals surface area contributed by atoms with Gasteiger partial charge in [-0.05, 0) is 30.7 Å². The molecule has 2 rings (SSSR count). The van der Waals surface area contributed by atoms with Crippen molar-refractivity contribution < 1.29 is 23.8 Å². The third kappa shape index (κ3) is 4.72. The van der Waals surface area contributed by atoms with Crippen LogP contribution in [0.15, 0.2) is 43.0 Å². The monoisotopic (exact) mass is 346 g/mol. The molecule has 0 radical (unpaired) electrons. The van der Waals surface area contributed by atoms with Gasteiger partial charge in [-0.2, -0.15) is 0 Å². The van der Waals surface area contributed by atoms with E-state index in [2.05, 4.69) is 13.2 Å². The van der Waals surface area contributed by atoms with Gasteiger partial charge in [0, 0.05) is 12.3 Å². The summed E-state index contributed by atoms with van der Waals surface area (Å²) in [6.07, 6.45) is 1.46. The molecule has 1 saturated heterocycles. The Labute approximate surface area is 149 Å². The normalized spacial score (nSPS) is 20.0. The Morgan fingerprint density at radius 1 is 1.08 bits per heavy atom. The highest BCUT2D eigenvalue weighted by molar-refractivity contribution is 6.18. The van der Waals surface area contributed by atoms with Crippen molar-refractivity contribution in [3.05, 3.63) is 48.6 Å². The van der Waals surface area contributed by atoms with Gasteiger partial charge in [-0.3, -0.25) is 0 Å². The van der Waals surface area contributed by atoms with Crippen molar-refractivity contribution in [2.75, 3.05) is 6.61 Å². The average Bonchev–Trinajstić information content (AvgIpc) is 2.54. The quantitative estimate of drug-likeness (QED) is 0.356. The van der Waals surface area contributed by atoms with E-state index in [1.807, 2.05) is 27.7 Å². The van der Waals surface area contributed by atoms with Crippen LogP contribution in [0.3, 0.4) is 0 Å². The lowest BCUT2D eigenvalue weighted by atomic mass is 9.85. The lowest BCUT2D eigenvalue weighted by Crippen LogP contribution is -2.52. The van der Waals surface area contributed by atoms with E-state index in [-0.39, 0.29) is 5.57 Å². The van der Waals surface area contributed by atoms with E-state index in [1.165, 1.54) is 6.08 Å². The number of esters is 2. The Kier molecular flexibility index (Phi) is 6.56. The summed E-state index contributed by atoms with van der Waals surface area (Å²) < 4.78 is 16.1. The second-order valence-corrected chi connectivity index (χ2v) is 6.53. The highest BCUT2D eigenvalue weighted by Gasteiger charge is 2.50. The molecular formula is C20H26O5. The van der Waals surface area contributed by atoms with E-state index in [0.29, 0.717) is 12.2 Å². The third-order valence-electron chi connectivity index (χ3n) is 3.88. The predicted molar refractivity (Wildman–Crippen MR) is 96.9 cm³/mol. The minimum absolute atomic E-state index is 0.115. The molecule has 0 aliphatic carbocycles. The Balaban J connectivity index is 0.00000151. The summed E-state index contributed by atoms with van der Waals surface area (Å²) >= 11 is 0. The van der Waals surface area contributed by atoms with Crippen LogP contribution in [0.4, 0.5) is 0 Å². The smallest absolute Gasteiger partial charge is 0.348 e. The Morgan fingerprint density at radius 3 is 1.96 bits per heavy atom. The first-order valence-corrected chi connectivity index (χ1v) is 8.07. The standard InChI is InChI=1S/C18H22O5.C2H4/c1-6-21-13-9-7-12(8-10-13)11-14-15(19)22-18(5,17(2,3)4)23-16(14)20;1-2/h7-11H,6H2,1-5H3;1-2H2. The maximum atomic E-state index is 12.2. The fraction of sp³-hybridized carbons (Fsp3) is 0.400. The molecule has 136 valence electrons. The van der Waals surface area contributed by atoms with Crippen LogP contribution in [0.2, 0.25) is 0 Å². The molecule has 0 bridgehead atoms. The van der Waals surface area contributed by atoms with E-state index in [4.69, 9.17) is 14.2 Å². The third-order valence-corrected chi connectivity index (χ3v) is 3.88. The predicted octanol–water partition coefficient (Wildman–Crippen LogP) is 4.13. The number of benzene rings is 1. The maximum Gasteiger partial charge on any atom is 0.348 e. The minimum atomic E-state index is -1.28. The first-order chi connectivity index (χ1) is 11.7. The molecular weight excluding hydrogens is 320 g/mol. The van der Waals surface area contributed by atoms with Gasteiger partial charge >= 0.3 is 11.9 Å². The van der Waals surface area contributed by atoms with Gasteiger partial charge in [0.15, 0.2) is 0 Å². The number of ether oxygens (including phenoxy) is 3. The van der Waals surface area contributed by atoms with Gasteiger partial charge in [-0.1, -0.05) is 32.9 Å². The summed E-state index contributed by atoms with van der Waals surface area (Å²) in [5, 5.41) is 0. The molecule has 1 aliphatic rings. The molecule has 0 unspecified atom stereocenters. The van der Waals surface area contributed by atoms with Crippen LogP contribution in [0.1, 0.15) is 40.2 Å². The Bertz CT molecular complexity index is 630. The number of cyclic esters (lactones) is 2. The summed E-state index contributed by atoms with van der Waals surface area (Å²) in [5.41, 5.74) is 0.0517. The van der Waals surface area contributed by atoms with Crippen molar-refractivity contribution >= 4 is 18.0 Å². The topological polar surface area (TPSA) is 61.8 Å². The molecule has 25 heavy (non-hydrogen) atoms. The molecule has 0 aromatic heterocycles. The van der Waals surface area contributed by atoms with Crippen molar-refractivity contribution in [3.8, 4) is 5.75 Å². The van der Waals surface area contributed by atoms with Crippen LogP contribution < -0.4 is 4.74 Å². The molecule has 0 spiro atoms. The lowest BCUT2D eigenvalue weighted by Gasteiger charge is -2.42. The van der Waals surface area contributed by atoms with Crippen LogP contribution in [0.25, 0.3) is 6.08 Å². The van der Waals surface area contributed by atoms with Crippen LogP contribution in [-0.4, -0.2) is 24.3 Å².